The zero-order valence-electron chi connectivity index (χ0n) is 14.0. The van der Waals surface area contributed by atoms with Crippen molar-refractivity contribution in [2.24, 2.45) is 0 Å². The zero-order chi connectivity index (χ0) is 16.6. The second kappa shape index (κ2) is 8.53. The minimum atomic E-state index is -0.0234. The largest absolute Gasteiger partial charge is 0.483 e. The Balaban J connectivity index is 1.59. The molecular formula is C21H25NO2. The maximum Gasteiger partial charge on any atom is 0.258 e. The molecule has 0 radical (unpaired) electrons. The van der Waals surface area contributed by atoms with Gasteiger partial charge in [-0.3, -0.25) is 4.79 Å². The lowest BCUT2D eigenvalue weighted by atomic mass is 10.1. The van der Waals surface area contributed by atoms with Gasteiger partial charge in [0.25, 0.3) is 5.91 Å². The number of nitrogens with one attached hydrogen (secondary N) is 1. The molecule has 1 aliphatic rings. The highest BCUT2D eigenvalue weighted by molar-refractivity contribution is 5.78. The van der Waals surface area contributed by atoms with Crippen LogP contribution in [0.2, 0.25) is 0 Å². The Bertz CT molecular complexity index is 646. The van der Waals surface area contributed by atoms with Crippen LogP contribution in [0.4, 0.5) is 0 Å². The van der Waals surface area contributed by atoms with E-state index in [1.54, 1.807) is 0 Å². The van der Waals surface area contributed by atoms with Crippen LogP contribution in [0.15, 0.2) is 54.6 Å². The first-order valence-electron chi connectivity index (χ1n) is 8.89. The summed E-state index contributed by atoms with van der Waals surface area (Å²) >= 11 is 0. The molecule has 24 heavy (non-hydrogen) atoms. The van der Waals surface area contributed by atoms with Crippen LogP contribution in [0.25, 0.3) is 11.1 Å². The van der Waals surface area contributed by atoms with Crippen molar-refractivity contribution in [2.45, 2.75) is 44.6 Å². The minimum absolute atomic E-state index is 0.0234. The van der Waals surface area contributed by atoms with Gasteiger partial charge < -0.3 is 10.1 Å². The van der Waals surface area contributed by atoms with Gasteiger partial charge in [-0.25, -0.2) is 0 Å². The van der Waals surface area contributed by atoms with Gasteiger partial charge in [-0.1, -0.05) is 74.2 Å². The van der Waals surface area contributed by atoms with Crippen molar-refractivity contribution < 1.29 is 9.53 Å². The van der Waals surface area contributed by atoms with Crippen molar-refractivity contribution in [3.8, 4) is 16.9 Å². The normalized spacial score (nSPS) is 15.5. The van der Waals surface area contributed by atoms with Crippen LogP contribution in [-0.2, 0) is 4.79 Å². The molecular weight excluding hydrogens is 298 g/mol. The van der Waals surface area contributed by atoms with Crippen molar-refractivity contribution in [2.75, 3.05) is 6.61 Å². The molecule has 1 fully saturated rings. The van der Waals surface area contributed by atoms with Gasteiger partial charge in [-0.2, -0.15) is 0 Å². The van der Waals surface area contributed by atoms with Crippen LogP contribution >= 0.6 is 0 Å². The summed E-state index contributed by atoms with van der Waals surface area (Å²) in [5.41, 5.74) is 2.11. The number of rotatable bonds is 5. The summed E-state index contributed by atoms with van der Waals surface area (Å²) in [5, 5.41) is 3.12. The first-order valence-corrected chi connectivity index (χ1v) is 8.89. The van der Waals surface area contributed by atoms with Crippen LogP contribution in [-0.4, -0.2) is 18.6 Å². The zero-order valence-corrected chi connectivity index (χ0v) is 14.0. The standard InChI is InChI=1S/C21H25NO2/c23-21(22-18-12-6-1-2-7-13-18)16-24-20-15-9-8-14-19(20)17-10-4-3-5-11-17/h3-5,8-11,14-15,18H,1-2,6-7,12-13,16H2,(H,22,23). The average Bonchev–Trinajstić information content (AvgIpc) is 2.90. The summed E-state index contributed by atoms with van der Waals surface area (Å²) in [6, 6.07) is 18.3. The van der Waals surface area contributed by atoms with E-state index in [-0.39, 0.29) is 12.5 Å². The molecule has 3 heteroatoms. The SMILES string of the molecule is O=C(COc1ccccc1-c1ccccc1)NC1CCCCCC1. The first kappa shape index (κ1) is 16.6. The fraction of sp³-hybridized carbons (Fsp3) is 0.381. The summed E-state index contributed by atoms with van der Waals surface area (Å²) in [7, 11) is 0. The van der Waals surface area contributed by atoms with E-state index >= 15 is 0 Å². The predicted octanol–water partition coefficient (Wildman–Crippen LogP) is 4.57. The fourth-order valence-electron chi connectivity index (χ4n) is 3.29. The third-order valence-corrected chi connectivity index (χ3v) is 4.55. The maximum absolute atomic E-state index is 12.2. The third-order valence-electron chi connectivity index (χ3n) is 4.55. The highest BCUT2D eigenvalue weighted by Crippen LogP contribution is 2.29. The molecule has 1 aliphatic carbocycles. The summed E-state index contributed by atoms with van der Waals surface area (Å²) in [4.78, 5) is 12.2. The van der Waals surface area contributed by atoms with E-state index in [9.17, 15) is 4.79 Å². The summed E-state index contributed by atoms with van der Waals surface area (Å²) < 4.78 is 5.81. The number of carbonyl (C=O) groups excluding carboxylic acids is 1. The molecule has 3 nitrogen and oxygen atoms in total. The van der Waals surface area contributed by atoms with Gasteiger partial charge in [0.15, 0.2) is 6.61 Å². The molecule has 2 aromatic rings. The molecule has 1 amide bonds. The summed E-state index contributed by atoms with van der Waals surface area (Å²) in [5.74, 6) is 0.726. The molecule has 0 aromatic heterocycles. The van der Waals surface area contributed by atoms with Crippen LogP contribution in [0.1, 0.15) is 38.5 Å². The number of ether oxygens (including phenoxy) is 1. The van der Waals surface area contributed by atoms with E-state index in [4.69, 9.17) is 4.74 Å². The Morgan fingerprint density at radius 1 is 0.917 bits per heavy atom. The Kier molecular flexibility index (Phi) is 5.89. The minimum Gasteiger partial charge on any atom is -0.483 e. The van der Waals surface area contributed by atoms with Crippen LogP contribution in [0, 0.1) is 0 Å². The topological polar surface area (TPSA) is 38.3 Å². The highest BCUT2D eigenvalue weighted by atomic mass is 16.5. The Labute approximate surface area is 144 Å². The Morgan fingerprint density at radius 2 is 1.58 bits per heavy atom. The lowest BCUT2D eigenvalue weighted by Crippen LogP contribution is -2.37. The van der Waals surface area contributed by atoms with Gasteiger partial charge in [0.05, 0.1) is 0 Å². The fourth-order valence-corrected chi connectivity index (χ4v) is 3.29. The molecule has 1 saturated carbocycles. The van der Waals surface area contributed by atoms with Gasteiger partial charge in [0.1, 0.15) is 5.75 Å². The monoisotopic (exact) mass is 323 g/mol. The molecule has 0 heterocycles. The predicted molar refractivity (Wildman–Crippen MR) is 97.0 cm³/mol. The van der Waals surface area contributed by atoms with Crippen LogP contribution in [0.5, 0.6) is 5.75 Å². The van der Waals surface area contributed by atoms with E-state index in [1.165, 1.54) is 25.7 Å². The van der Waals surface area contributed by atoms with E-state index in [0.717, 1.165) is 29.7 Å². The van der Waals surface area contributed by atoms with Gasteiger partial charge in [-0.05, 0) is 24.5 Å². The van der Waals surface area contributed by atoms with Crippen LogP contribution in [0.3, 0.4) is 0 Å². The molecule has 0 saturated heterocycles. The second-order valence-corrected chi connectivity index (χ2v) is 6.41. The van der Waals surface area contributed by atoms with Crippen molar-refractivity contribution in [3.05, 3.63) is 54.6 Å². The van der Waals surface area contributed by atoms with Gasteiger partial charge in [0.2, 0.25) is 0 Å². The van der Waals surface area contributed by atoms with E-state index in [2.05, 4.69) is 5.32 Å². The van der Waals surface area contributed by atoms with Crippen LogP contribution < -0.4 is 10.1 Å². The smallest absolute Gasteiger partial charge is 0.258 e. The third kappa shape index (κ3) is 4.60. The lowest BCUT2D eigenvalue weighted by Gasteiger charge is -2.17. The van der Waals surface area contributed by atoms with Crippen molar-refractivity contribution >= 4 is 5.91 Å². The average molecular weight is 323 g/mol. The molecule has 0 atom stereocenters. The Hall–Kier alpha value is -2.29. The molecule has 1 N–H and O–H groups in total. The highest BCUT2D eigenvalue weighted by Gasteiger charge is 2.15. The molecule has 0 unspecified atom stereocenters. The van der Waals surface area contributed by atoms with Crippen molar-refractivity contribution in [1.82, 2.24) is 5.32 Å². The number of amides is 1. The van der Waals surface area contributed by atoms with E-state index < -0.39 is 0 Å². The molecule has 3 rings (SSSR count). The quantitative estimate of drug-likeness (QED) is 0.819. The molecule has 126 valence electrons. The number of hydrogen-bond donors (Lipinski definition) is 1. The van der Waals surface area contributed by atoms with Gasteiger partial charge >= 0.3 is 0 Å². The van der Waals surface area contributed by atoms with Crippen molar-refractivity contribution in [1.29, 1.82) is 0 Å². The summed E-state index contributed by atoms with van der Waals surface area (Å²) in [6.45, 7) is 0.0698. The molecule has 0 spiro atoms. The summed E-state index contributed by atoms with van der Waals surface area (Å²) in [6.07, 6.45) is 7.17. The van der Waals surface area contributed by atoms with Gasteiger partial charge in [0, 0.05) is 11.6 Å². The molecule has 2 aromatic carbocycles. The van der Waals surface area contributed by atoms with Crippen molar-refractivity contribution in [3.63, 3.8) is 0 Å². The second-order valence-electron chi connectivity index (χ2n) is 6.41. The van der Waals surface area contributed by atoms with E-state index in [0.29, 0.717) is 6.04 Å². The number of hydrogen-bond acceptors (Lipinski definition) is 2. The maximum atomic E-state index is 12.2. The van der Waals surface area contributed by atoms with E-state index in [1.807, 2.05) is 54.6 Å². The molecule has 0 bridgehead atoms. The Morgan fingerprint density at radius 3 is 2.33 bits per heavy atom. The van der Waals surface area contributed by atoms with Gasteiger partial charge in [-0.15, -0.1) is 0 Å². The number of carbonyl (C=O) groups is 1. The molecule has 0 aliphatic heterocycles. The number of para-hydroxylation sites is 1. The lowest BCUT2D eigenvalue weighted by molar-refractivity contribution is -0.123. The first-order chi connectivity index (χ1) is 11.8. The number of benzene rings is 2.